The highest BCUT2D eigenvalue weighted by atomic mass is 32.1. The van der Waals surface area contributed by atoms with Crippen molar-refractivity contribution in [1.82, 2.24) is 4.98 Å². The molecule has 1 aromatic rings. The Hall–Kier alpha value is -0.630. The van der Waals surface area contributed by atoms with E-state index in [2.05, 4.69) is 37.2 Å². The standard InChI is InChI=1S/C10H15NS/c1-5-8(4)10-11-9(6-12-10)7(2)3/h5-7H,1-4H3/b8-5+. The van der Waals surface area contributed by atoms with Crippen LogP contribution in [-0.4, -0.2) is 4.98 Å². The molecular weight excluding hydrogens is 166 g/mol. The Morgan fingerprint density at radius 3 is 2.67 bits per heavy atom. The molecule has 0 fully saturated rings. The Balaban J connectivity index is 2.92. The van der Waals surface area contributed by atoms with Crippen molar-refractivity contribution in [3.8, 4) is 0 Å². The molecule has 1 nitrogen and oxygen atoms in total. The summed E-state index contributed by atoms with van der Waals surface area (Å²) >= 11 is 1.73. The molecule has 0 aliphatic heterocycles. The van der Waals surface area contributed by atoms with Crippen molar-refractivity contribution in [2.45, 2.75) is 33.6 Å². The van der Waals surface area contributed by atoms with Gasteiger partial charge in [0.2, 0.25) is 0 Å². The first-order valence-electron chi connectivity index (χ1n) is 4.24. The highest BCUT2D eigenvalue weighted by Gasteiger charge is 2.05. The average molecular weight is 181 g/mol. The van der Waals surface area contributed by atoms with Crippen molar-refractivity contribution >= 4 is 16.9 Å². The highest BCUT2D eigenvalue weighted by molar-refractivity contribution is 7.10. The first-order chi connectivity index (χ1) is 5.65. The quantitative estimate of drug-likeness (QED) is 0.678. The van der Waals surface area contributed by atoms with E-state index >= 15 is 0 Å². The van der Waals surface area contributed by atoms with Gasteiger partial charge in [-0.1, -0.05) is 19.9 Å². The van der Waals surface area contributed by atoms with Gasteiger partial charge in [0.15, 0.2) is 0 Å². The van der Waals surface area contributed by atoms with Gasteiger partial charge in [-0.2, -0.15) is 0 Å². The predicted molar refractivity (Wildman–Crippen MR) is 55.5 cm³/mol. The maximum atomic E-state index is 4.53. The zero-order chi connectivity index (χ0) is 9.14. The largest absolute Gasteiger partial charge is 0.241 e. The van der Waals surface area contributed by atoms with E-state index < -0.39 is 0 Å². The van der Waals surface area contributed by atoms with Gasteiger partial charge in [-0.25, -0.2) is 4.98 Å². The minimum atomic E-state index is 0.541. The van der Waals surface area contributed by atoms with E-state index in [0.717, 1.165) is 5.01 Å². The smallest absolute Gasteiger partial charge is 0.118 e. The van der Waals surface area contributed by atoms with E-state index in [1.165, 1.54) is 11.3 Å². The predicted octanol–water partition coefficient (Wildman–Crippen LogP) is 3.69. The third-order valence-corrected chi connectivity index (χ3v) is 2.88. The van der Waals surface area contributed by atoms with Crippen molar-refractivity contribution < 1.29 is 0 Å². The van der Waals surface area contributed by atoms with Crippen molar-refractivity contribution in [3.05, 3.63) is 22.2 Å². The molecule has 0 N–H and O–H groups in total. The van der Waals surface area contributed by atoms with Crippen LogP contribution in [0.3, 0.4) is 0 Å². The van der Waals surface area contributed by atoms with E-state index in [0.29, 0.717) is 5.92 Å². The molecule has 0 saturated carbocycles. The van der Waals surface area contributed by atoms with E-state index in [-0.39, 0.29) is 0 Å². The lowest BCUT2D eigenvalue weighted by Crippen LogP contribution is -1.87. The van der Waals surface area contributed by atoms with E-state index in [4.69, 9.17) is 0 Å². The molecule has 0 atom stereocenters. The van der Waals surface area contributed by atoms with Gasteiger partial charge in [-0.3, -0.25) is 0 Å². The van der Waals surface area contributed by atoms with Crippen LogP contribution >= 0.6 is 11.3 Å². The normalized spacial score (nSPS) is 12.6. The molecule has 1 heterocycles. The fourth-order valence-corrected chi connectivity index (χ4v) is 1.88. The molecule has 2 heteroatoms. The second kappa shape index (κ2) is 3.85. The minimum absolute atomic E-state index is 0.541. The first kappa shape index (κ1) is 9.46. The molecule has 0 spiro atoms. The SMILES string of the molecule is C/C=C(\C)c1nc(C(C)C)cs1. The van der Waals surface area contributed by atoms with Gasteiger partial charge >= 0.3 is 0 Å². The third kappa shape index (κ3) is 1.95. The van der Waals surface area contributed by atoms with Crippen LogP contribution < -0.4 is 0 Å². The Morgan fingerprint density at radius 1 is 1.58 bits per heavy atom. The first-order valence-corrected chi connectivity index (χ1v) is 5.11. The molecule has 12 heavy (non-hydrogen) atoms. The van der Waals surface area contributed by atoms with Crippen molar-refractivity contribution in [1.29, 1.82) is 0 Å². The van der Waals surface area contributed by atoms with E-state index in [1.54, 1.807) is 11.3 Å². The van der Waals surface area contributed by atoms with Crippen LogP contribution in [0, 0.1) is 0 Å². The molecule has 0 unspecified atom stereocenters. The Kier molecular flexibility index (Phi) is 3.04. The average Bonchev–Trinajstić information content (AvgIpc) is 2.51. The fraction of sp³-hybridized carbons (Fsp3) is 0.500. The van der Waals surface area contributed by atoms with Crippen LogP contribution in [0.4, 0.5) is 0 Å². The molecule has 0 amide bonds. The summed E-state index contributed by atoms with van der Waals surface area (Å²) in [6.07, 6.45) is 2.10. The molecular formula is C10H15NS. The summed E-state index contributed by atoms with van der Waals surface area (Å²) in [5.41, 5.74) is 2.48. The van der Waals surface area contributed by atoms with Crippen molar-refractivity contribution in [3.63, 3.8) is 0 Å². The zero-order valence-electron chi connectivity index (χ0n) is 8.09. The maximum absolute atomic E-state index is 4.53. The summed E-state index contributed by atoms with van der Waals surface area (Å²) in [6, 6.07) is 0. The van der Waals surface area contributed by atoms with E-state index in [1.807, 2.05) is 6.92 Å². The lowest BCUT2D eigenvalue weighted by Gasteiger charge is -1.97. The summed E-state index contributed by atoms with van der Waals surface area (Å²) < 4.78 is 0. The van der Waals surface area contributed by atoms with Gasteiger partial charge in [-0.15, -0.1) is 11.3 Å². The molecule has 66 valence electrons. The van der Waals surface area contributed by atoms with Gasteiger partial charge in [0, 0.05) is 5.38 Å². The minimum Gasteiger partial charge on any atom is -0.241 e. The van der Waals surface area contributed by atoms with E-state index in [9.17, 15) is 0 Å². The van der Waals surface area contributed by atoms with Gasteiger partial charge in [-0.05, 0) is 25.3 Å². The second-order valence-electron chi connectivity index (χ2n) is 3.20. The summed E-state index contributed by atoms with van der Waals surface area (Å²) in [4.78, 5) is 4.53. The van der Waals surface area contributed by atoms with Crippen molar-refractivity contribution in [2.75, 3.05) is 0 Å². The monoisotopic (exact) mass is 181 g/mol. The molecule has 0 bridgehead atoms. The third-order valence-electron chi connectivity index (χ3n) is 1.88. The summed E-state index contributed by atoms with van der Waals surface area (Å²) in [5.74, 6) is 0.541. The van der Waals surface area contributed by atoms with Crippen LogP contribution in [-0.2, 0) is 0 Å². The number of hydrogen-bond donors (Lipinski definition) is 0. The van der Waals surface area contributed by atoms with Gasteiger partial charge in [0.1, 0.15) is 5.01 Å². The lowest BCUT2D eigenvalue weighted by atomic mass is 10.2. The van der Waals surface area contributed by atoms with Gasteiger partial charge < -0.3 is 0 Å². The highest BCUT2D eigenvalue weighted by Crippen LogP contribution is 2.22. The van der Waals surface area contributed by atoms with Gasteiger partial charge in [0.05, 0.1) is 5.69 Å². The van der Waals surface area contributed by atoms with Crippen LogP contribution in [0.25, 0.3) is 5.57 Å². The molecule has 1 aromatic heterocycles. The summed E-state index contributed by atoms with van der Waals surface area (Å²) in [7, 11) is 0. The summed E-state index contributed by atoms with van der Waals surface area (Å²) in [5, 5.41) is 3.30. The fourth-order valence-electron chi connectivity index (χ4n) is 0.856. The van der Waals surface area contributed by atoms with Crippen molar-refractivity contribution in [2.24, 2.45) is 0 Å². The number of aromatic nitrogens is 1. The number of hydrogen-bond acceptors (Lipinski definition) is 2. The molecule has 0 aliphatic rings. The number of nitrogens with zero attached hydrogens (tertiary/aromatic N) is 1. The lowest BCUT2D eigenvalue weighted by molar-refractivity contribution is 0.831. The van der Waals surface area contributed by atoms with Crippen LogP contribution in [0.15, 0.2) is 11.5 Å². The van der Waals surface area contributed by atoms with Crippen LogP contribution in [0.5, 0.6) is 0 Å². The molecule has 1 rings (SSSR count). The molecule has 0 saturated heterocycles. The van der Waals surface area contributed by atoms with Crippen LogP contribution in [0.2, 0.25) is 0 Å². The van der Waals surface area contributed by atoms with Crippen LogP contribution in [0.1, 0.15) is 44.3 Å². The summed E-state index contributed by atoms with van der Waals surface area (Å²) in [6.45, 7) is 8.49. The Morgan fingerprint density at radius 2 is 2.25 bits per heavy atom. The molecule has 0 radical (unpaired) electrons. The molecule has 0 aromatic carbocycles. The topological polar surface area (TPSA) is 12.9 Å². The van der Waals surface area contributed by atoms with Gasteiger partial charge in [0.25, 0.3) is 0 Å². The Bertz CT molecular complexity index is 284. The Labute approximate surface area is 78.2 Å². The zero-order valence-corrected chi connectivity index (χ0v) is 8.90. The maximum Gasteiger partial charge on any atom is 0.118 e. The second-order valence-corrected chi connectivity index (χ2v) is 4.06. The molecule has 0 aliphatic carbocycles. The number of rotatable bonds is 2. The number of allylic oxidation sites excluding steroid dienone is 2. The number of thiazole rings is 1.